The van der Waals surface area contributed by atoms with Crippen LogP contribution in [0.25, 0.3) is 10.9 Å². The van der Waals surface area contributed by atoms with E-state index < -0.39 is 0 Å². The zero-order chi connectivity index (χ0) is 23.5. The minimum atomic E-state index is -0.157. The average molecular weight is 449 g/mol. The third-order valence-corrected chi connectivity index (χ3v) is 5.81. The molecule has 33 heavy (non-hydrogen) atoms. The summed E-state index contributed by atoms with van der Waals surface area (Å²) in [6, 6.07) is 18.1. The van der Waals surface area contributed by atoms with Gasteiger partial charge >= 0.3 is 6.03 Å². The van der Waals surface area contributed by atoms with Crippen LogP contribution in [0.5, 0.6) is 0 Å². The first kappa shape index (κ1) is 24.4. The lowest BCUT2D eigenvalue weighted by Crippen LogP contribution is -2.47. The van der Waals surface area contributed by atoms with E-state index in [9.17, 15) is 9.59 Å². The Bertz CT molecular complexity index is 1020. The third kappa shape index (κ3) is 7.11. The monoisotopic (exact) mass is 448 g/mol. The van der Waals surface area contributed by atoms with E-state index in [-0.39, 0.29) is 18.5 Å². The molecule has 0 atom stereocenters. The van der Waals surface area contributed by atoms with Gasteiger partial charge in [0.25, 0.3) is 0 Å². The lowest BCUT2D eigenvalue weighted by molar-refractivity contribution is -0.132. The molecule has 3 amide bonds. The van der Waals surface area contributed by atoms with Crippen LogP contribution < -0.4 is 5.32 Å². The number of nitrogens with zero attached hydrogens (tertiary/aromatic N) is 2. The number of benzene rings is 2. The maximum Gasteiger partial charge on any atom is 0.317 e. The zero-order valence-electron chi connectivity index (χ0n) is 19.8. The zero-order valence-corrected chi connectivity index (χ0v) is 19.8. The summed E-state index contributed by atoms with van der Waals surface area (Å²) in [5.74, 6) is -0.0298. The summed E-state index contributed by atoms with van der Waals surface area (Å²) in [6.07, 6.45) is 5.54. The van der Waals surface area contributed by atoms with Gasteiger partial charge in [0.1, 0.15) is 6.54 Å². The van der Waals surface area contributed by atoms with E-state index >= 15 is 0 Å². The molecule has 0 radical (unpaired) electrons. The fourth-order valence-electron chi connectivity index (χ4n) is 3.96. The van der Waals surface area contributed by atoms with Crippen molar-refractivity contribution >= 4 is 22.8 Å². The molecule has 0 aliphatic heterocycles. The highest BCUT2D eigenvalue weighted by Gasteiger charge is 2.21. The molecule has 0 aliphatic carbocycles. The largest absolute Gasteiger partial charge is 0.361 e. The summed E-state index contributed by atoms with van der Waals surface area (Å²) in [6.45, 7) is 6.52. The van der Waals surface area contributed by atoms with Gasteiger partial charge in [-0.05, 0) is 36.5 Å². The van der Waals surface area contributed by atoms with Crippen LogP contribution in [0.4, 0.5) is 4.79 Å². The van der Waals surface area contributed by atoms with Crippen LogP contribution in [0.3, 0.4) is 0 Å². The molecule has 0 fully saturated rings. The second kappa shape index (κ2) is 12.7. The predicted molar refractivity (Wildman–Crippen MR) is 134 cm³/mol. The molecule has 3 rings (SSSR count). The molecule has 2 N–H and O–H groups in total. The van der Waals surface area contributed by atoms with Crippen molar-refractivity contribution in [1.82, 2.24) is 20.1 Å². The van der Waals surface area contributed by atoms with Crippen molar-refractivity contribution in [3.63, 3.8) is 0 Å². The summed E-state index contributed by atoms with van der Waals surface area (Å²) in [5.41, 5.74) is 3.38. The number of hydrogen-bond acceptors (Lipinski definition) is 2. The van der Waals surface area contributed by atoms with E-state index in [0.717, 1.165) is 36.8 Å². The van der Waals surface area contributed by atoms with E-state index in [1.807, 2.05) is 60.5 Å². The van der Waals surface area contributed by atoms with Gasteiger partial charge in [-0.3, -0.25) is 4.79 Å². The normalized spacial score (nSPS) is 10.8. The smallest absolute Gasteiger partial charge is 0.317 e. The van der Waals surface area contributed by atoms with E-state index in [1.54, 1.807) is 4.90 Å². The Kier molecular flexibility index (Phi) is 9.36. The molecule has 0 aliphatic rings. The van der Waals surface area contributed by atoms with E-state index in [0.29, 0.717) is 26.2 Å². The molecule has 0 unspecified atom stereocenters. The van der Waals surface area contributed by atoms with Crippen LogP contribution in [0.1, 0.15) is 44.2 Å². The van der Waals surface area contributed by atoms with E-state index in [4.69, 9.17) is 0 Å². The van der Waals surface area contributed by atoms with Crippen molar-refractivity contribution in [2.75, 3.05) is 26.2 Å². The highest BCUT2D eigenvalue weighted by Crippen LogP contribution is 2.19. The quantitative estimate of drug-likeness (QED) is 0.385. The van der Waals surface area contributed by atoms with Gasteiger partial charge in [-0.25, -0.2) is 4.79 Å². The van der Waals surface area contributed by atoms with Crippen molar-refractivity contribution in [2.24, 2.45) is 0 Å². The number of nitrogens with one attached hydrogen (secondary N) is 2. The van der Waals surface area contributed by atoms with Crippen LogP contribution in [-0.2, 0) is 17.8 Å². The van der Waals surface area contributed by atoms with E-state index in [2.05, 4.69) is 29.4 Å². The first-order valence-electron chi connectivity index (χ1n) is 12.0. The van der Waals surface area contributed by atoms with Crippen molar-refractivity contribution in [3.8, 4) is 0 Å². The molecule has 0 bridgehead atoms. The number of unbranched alkanes of at least 4 members (excludes halogenated alkanes) is 1. The summed E-state index contributed by atoms with van der Waals surface area (Å²) < 4.78 is 0. The number of hydrogen-bond donors (Lipinski definition) is 2. The number of amides is 3. The molecule has 3 aromatic rings. The molecule has 2 aromatic carbocycles. The summed E-state index contributed by atoms with van der Waals surface area (Å²) in [4.78, 5) is 32.9. The predicted octanol–water partition coefficient (Wildman–Crippen LogP) is 4.96. The second-order valence-corrected chi connectivity index (χ2v) is 8.42. The summed E-state index contributed by atoms with van der Waals surface area (Å²) in [7, 11) is 0. The highest BCUT2D eigenvalue weighted by molar-refractivity contribution is 5.85. The van der Waals surface area contributed by atoms with Crippen molar-refractivity contribution < 1.29 is 9.59 Å². The van der Waals surface area contributed by atoms with Gasteiger partial charge in [-0.15, -0.1) is 0 Å². The van der Waals surface area contributed by atoms with Crippen LogP contribution in [0.2, 0.25) is 0 Å². The van der Waals surface area contributed by atoms with Crippen LogP contribution in [0, 0.1) is 0 Å². The molecule has 6 nitrogen and oxygen atoms in total. The molecule has 1 aromatic heterocycles. The van der Waals surface area contributed by atoms with Gasteiger partial charge in [0.15, 0.2) is 0 Å². The van der Waals surface area contributed by atoms with Gasteiger partial charge in [0.2, 0.25) is 5.91 Å². The number of para-hydroxylation sites is 1. The Hall–Kier alpha value is -3.28. The Labute approximate surface area is 197 Å². The lowest BCUT2D eigenvalue weighted by atomic mass is 10.1. The third-order valence-electron chi connectivity index (χ3n) is 5.81. The molecule has 176 valence electrons. The van der Waals surface area contributed by atoms with Crippen molar-refractivity contribution in [1.29, 1.82) is 0 Å². The first-order chi connectivity index (χ1) is 16.1. The summed E-state index contributed by atoms with van der Waals surface area (Å²) >= 11 is 0. The summed E-state index contributed by atoms with van der Waals surface area (Å²) in [5, 5.41) is 4.14. The fourth-order valence-corrected chi connectivity index (χ4v) is 3.96. The van der Waals surface area contributed by atoms with Crippen molar-refractivity contribution in [3.05, 3.63) is 71.9 Å². The second-order valence-electron chi connectivity index (χ2n) is 8.42. The van der Waals surface area contributed by atoms with Gasteiger partial charge in [-0.2, -0.15) is 0 Å². The van der Waals surface area contributed by atoms with Crippen molar-refractivity contribution in [2.45, 2.75) is 46.1 Å². The van der Waals surface area contributed by atoms with Crippen LogP contribution in [0.15, 0.2) is 60.8 Å². The lowest BCUT2D eigenvalue weighted by Gasteiger charge is -2.28. The highest BCUT2D eigenvalue weighted by atomic mass is 16.2. The molecule has 6 heteroatoms. The average Bonchev–Trinajstić information content (AvgIpc) is 3.25. The number of carbonyl (C=O) groups is 2. The van der Waals surface area contributed by atoms with Gasteiger partial charge in [-0.1, -0.05) is 68.8 Å². The molecule has 0 spiro atoms. The minimum absolute atomic E-state index is 0.0298. The number of aromatic nitrogens is 1. The Morgan fingerprint density at radius 1 is 0.909 bits per heavy atom. The van der Waals surface area contributed by atoms with E-state index in [1.165, 1.54) is 10.9 Å². The maximum atomic E-state index is 13.4. The number of fused-ring (bicyclic) bond motifs is 1. The molecule has 0 saturated carbocycles. The SMILES string of the molecule is CCCCNC(=O)N(CCC)CC(=O)N(CCc1c[nH]c2ccccc12)Cc1ccccc1. The number of rotatable bonds is 12. The van der Waals surface area contributed by atoms with Crippen LogP contribution in [-0.4, -0.2) is 52.9 Å². The van der Waals surface area contributed by atoms with Crippen LogP contribution >= 0.6 is 0 Å². The molecular weight excluding hydrogens is 412 g/mol. The topological polar surface area (TPSA) is 68.4 Å². The van der Waals surface area contributed by atoms with Gasteiger partial charge < -0.3 is 20.1 Å². The molecule has 1 heterocycles. The standard InChI is InChI=1S/C27H36N4O2/c1-3-5-16-28-27(33)31(17-4-2)21-26(32)30(20-22-11-7-6-8-12-22)18-15-23-19-29-25-14-10-9-13-24(23)25/h6-14,19,29H,3-5,15-18,20-21H2,1-2H3,(H,28,33). The fraction of sp³-hybridized carbons (Fsp3) is 0.407. The maximum absolute atomic E-state index is 13.4. The number of H-pyrrole nitrogens is 1. The first-order valence-corrected chi connectivity index (χ1v) is 12.0. The minimum Gasteiger partial charge on any atom is -0.361 e. The Balaban J connectivity index is 1.71. The number of urea groups is 1. The van der Waals surface area contributed by atoms with Gasteiger partial charge in [0.05, 0.1) is 0 Å². The Morgan fingerprint density at radius 3 is 2.42 bits per heavy atom. The molecule has 0 saturated heterocycles. The van der Waals surface area contributed by atoms with Gasteiger partial charge in [0, 0.05) is 43.3 Å². The number of carbonyl (C=O) groups excluding carboxylic acids is 2. The Morgan fingerprint density at radius 2 is 1.67 bits per heavy atom. The number of aromatic amines is 1. The molecular formula is C27H36N4O2.